The molecular formula is C16H23N5O. The van der Waals surface area contributed by atoms with Gasteiger partial charge in [0, 0.05) is 19.2 Å². The molecule has 0 saturated carbocycles. The average molecular weight is 301 g/mol. The van der Waals surface area contributed by atoms with E-state index in [1.54, 1.807) is 13.4 Å². The monoisotopic (exact) mass is 301 g/mol. The van der Waals surface area contributed by atoms with Crippen LogP contribution >= 0.6 is 0 Å². The second-order valence-corrected chi connectivity index (χ2v) is 5.35. The summed E-state index contributed by atoms with van der Waals surface area (Å²) in [4.78, 5) is 10.6. The van der Waals surface area contributed by atoms with Crippen LogP contribution in [0.1, 0.15) is 5.56 Å². The predicted octanol–water partition coefficient (Wildman–Crippen LogP) is 2.51. The van der Waals surface area contributed by atoms with E-state index in [-0.39, 0.29) is 0 Å². The Morgan fingerprint density at radius 1 is 1.14 bits per heavy atom. The molecule has 1 heterocycles. The van der Waals surface area contributed by atoms with Gasteiger partial charge in [0.05, 0.1) is 12.8 Å². The van der Waals surface area contributed by atoms with Crippen LogP contribution in [0.4, 0.5) is 17.3 Å². The lowest BCUT2D eigenvalue weighted by atomic mass is 10.2. The van der Waals surface area contributed by atoms with Gasteiger partial charge in [-0.2, -0.15) is 0 Å². The van der Waals surface area contributed by atoms with Gasteiger partial charge >= 0.3 is 0 Å². The smallest absolute Gasteiger partial charge is 0.142 e. The first-order valence-electron chi connectivity index (χ1n) is 7.21. The molecule has 0 aliphatic rings. The van der Waals surface area contributed by atoms with Gasteiger partial charge in [0.15, 0.2) is 0 Å². The summed E-state index contributed by atoms with van der Waals surface area (Å²) in [7, 11) is 5.74. The molecule has 0 unspecified atom stereocenters. The van der Waals surface area contributed by atoms with Crippen molar-refractivity contribution in [3.8, 4) is 5.75 Å². The van der Waals surface area contributed by atoms with Crippen molar-refractivity contribution in [2.45, 2.75) is 6.92 Å². The van der Waals surface area contributed by atoms with Crippen molar-refractivity contribution in [2.24, 2.45) is 0 Å². The number of ether oxygens (including phenoxy) is 1. The minimum atomic E-state index is 0.728. The maximum absolute atomic E-state index is 5.37. The summed E-state index contributed by atoms with van der Waals surface area (Å²) >= 11 is 0. The van der Waals surface area contributed by atoms with E-state index in [1.165, 1.54) is 0 Å². The van der Waals surface area contributed by atoms with E-state index in [9.17, 15) is 0 Å². The molecule has 22 heavy (non-hydrogen) atoms. The summed E-state index contributed by atoms with van der Waals surface area (Å²) in [5.41, 5.74) is 2.04. The van der Waals surface area contributed by atoms with E-state index in [2.05, 4.69) is 25.5 Å². The molecular weight excluding hydrogens is 278 g/mol. The lowest BCUT2D eigenvalue weighted by Gasteiger charge is -2.13. The highest BCUT2D eigenvalue weighted by atomic mass is 16.5. The molecule has 0 bridgehead atoms. The topological polar surface area (TPSA) is 62.3 Å². The summed E-state index contributed by atoms with van der Waals surface area (Å²) in [6, 6.07) is 7.87. The zero-order chi connectivity index (χ0) is 15.9. The Hall–Kier alpha value is -2.34. The predicted molar refractivity (Wildman–Crippen MR) is 90.1 cm³/mol. The molecule has 118 valence electrons. The van der Waals surface area contributed by atoms with Crippen molar-refractivity contribution in [2.75, 3.05) is 44.9 Å². The highest BCUT2D eigenvalue weighted by molar-refractivity contribution is 5.66. The molecule has 0 atom stereocenters. The first-order chi connectivity index (χ1) is 10.6. The number of hydrogen-bond acceptors (Lipinski definition) is 6. The molecule has 6 heteroatoms. The van der Waals surface area contributed by atoms with E-state index in [1.807, 2.05) is 45.3 Å². The number of aromatic nitrogens is 2. The Labute approximate surface area is 131 Å². The van der Waals surface area contributed by atoms with Crippen LogP contribution < -0.4 is 15.4 Å². The van der Waals surface area contributed by atoms with Crippen LogP contribution in [0.15, 0.2) is 30.6 Å². The minimum absolute atomic E-state index is 0.728. The van der Waals surface area contributed by atoms with Gasteiger partial charge in [0.2, 0.25) is 0 Å². The lowest BCUT2D eigenvalue weighted by molar-refractivity contribution is 0.416. The zero-order valence-corrected chi connectivity index (χ0v) is 13.6. The van der Waals surface area contributed by atoms with Gasteiger partial charge in [0.25, 0.3) is 0 Å². The molecule has 0 radical (unpaired) electrons. The highest BCUT2D eigenvalue weighted by Crippen LogP contribution is 2.28. The van der Waals surface area contributed by atoms with Gasteiger partial charge in [-0.1, -0.05) is 6.07 Å². The van der Waals surface area contributed by atoms with E-state index in [4.69, 9.17) is 4.74 Å². The van der Waals surface area contributed by atoms with E-state index in [0.29, 0.717) is 0 Å². The fraction of sp³-hybridized carbons (Fsp3) is 0.375. The molecule has 1 aromatic carbocycles. The third-order valence-corrected chi connectivity index (χ3v) is 3.15. The first-order valence-corrected chi connectivity index (χ1v) is 7.21. The van der Waals surface area contributed by atoms with Crippen molar-refractivity contribution in [3.05, 3.63) is 36.2 Å². The standard InChI is InChI=1S/C16H23N5O/c1-12-5-6-14(22-4)13(9-12)20-16-10-15(18-11-19-16)17-7-8-21(2)3/h5-6,9-11H,7-8H2,1-4H3,(H2,17,18,19,20). The number of methoxy groups -OCH3 is 1. The number of nitrogens with one attached hydrogen (secondary N) is 2. The molecule has 0 saturated heterocycles. The van der Waals surface area contributed by atoms with Crippen LogP contribution in [0.25, 0.3) is 0 Å². The van der Waals surface area contributed by atoms with E-state index < -0.39 is 0 Å². The van der Waals surface area contributed by atoms with Crippen molar-refractivity contribution in [3.63, 3.8) is 0 Å². The first kappa shape index (κ1) is 16.0. The molecule has 0 fully saturated rings. The van der Waals surface area contributed by atoms with Crippen molar-refractivity contribution >= 4 is 17.3 Å². The molecule has 2 aromatic rings. The van der Waals surface area contributed by atoms with Gasteiger partial charge in [0.1, 0.15) is 23.7 Å². The Morgan fingerprint density at radius 2 is 1.91 bits per heavy atom. The van der Waals surface area contributed by atoms with Crippen molar-refractivity contribution < 1.29 is 4.74 Å². The number of aryl methyl sites for hydroxylation is 1. The fourth-order valence-corrected chi connectivity index (χ4v) is 1.99. The summed E-state index contributed by atoms with van der Waals surface area (Å²) in [6.45, 7) is 3.81. The van der Waals surface area contributed by atoms with E-state index in [0.717, 1.165) is 41.7 Å². The molecule has 0 amide bonds. The van der Waals surface area contributed by atoms with Crippen LogP contribution in [0.3, 0.4) is 0 Å². The van der Waals surface area contributed by atoms with E-state index >= 15 is 0 Å². The van der Waals surface area contributed by atoms with Crippen LogP contribution in [-0.2, 0) is 0 Å². The third-order valence-electron chi connectivity index (χ3n) is 3.15. The molecule has 1 aromatic heterocycles. The van der Waals surface area contributed by atoms with Gasteiger partial charge in [-0.15, -0.1) is 0 Å². The summed E-state index contributed by atoms with van der Waals surface area (Å²) in [6.07, 6.45) is 1.54. The molecule has 2 rings (SSSR count). The summed E-state index contributed by atoms with van der Waals surface area (Å²) in [5.74, 6) is 2.31. The minimum Gasteiger partial charge on any atom is -0.495 e. The van der Waals surface area contributed by atoms with Gasteiger partial charge in [-0.25, -0.2) is 9.97 Å². The van der Waals surface area contributed by atoms with Crippen molar-refractivity contribution in [1.82, 2.24) is 14.9 Å². The Bertz CT molecular complexity index is 615. The summed E-state index contributed by atoms with van der Waals surface area (Å²) in [5, 5.41) is 6.56. The molecule has 0 aliphatic carbocycles. The van der Waals surface area contributed by atoms with Crippen LogP contribution in [0.2, 0.25) is 0 Å². The second-order valence-electron chi connectivity index (χ2n) is 5.35. The van der Waals surface area contributed by atoms with Crippen LogP contribution in [0.5, 0.6) is 5.75 Å². The lowest BCUT2D eigenvalue weighted by Crippen LogP contribution is -2.21. The number of likely N-dealkylation sites (N-methyl/N-ethyl adjacent to an activating group) is 1. The van der Waals surface area contributed by atoms with Crippen molar-refractivity contribution in [1.29, 1.82) is 0 Å². The van der Waals surface area contributed by atoms with Gasteiger partial charge in [-0.3, -0.25) is 0 Å². The summed E-state index contributed by atoms with van der Waals surface area (Å²) < 4.78 is 5.37. The second kappa shape index (κ2) is 7.61. The Balaban J connectivity index is 2.08. The fourth-order valence-electron chi connectivity index (χ4n) is 1.99. The van der Waals surface area contributed by atoms with Gasteiger partial charge < -0.3 is 20.3 Å². The number of nitrogens with zero attached hydrogens (tertiary/aromatic N) is 3. The molecule has 2 N–H and O–H groups in total. The SMILES string of the molecule is COc1ccc(C)cc1Nc1cc(NCCN(C)C)ncn1. The maximum Gasteiger partial charge on any atom is 0.142 e. The molecule has 0 aliphatic heterocycles. The Kier molecular flexibility index (Phi) is 5.55. The zero-order valence-electron chi connectivity index (χ0n) is 13.6. The normalized spacial score (nSPS) is 10.6. The largest absolute Gasteiger partial charge is 0.495 e. The highest BCUT2D eigenvalue weighted by Gasteiger charge is 2.05. The number of anilines is 3. The number of benzene rings is 1. The van der Waals surface area contributed by atoms with Crippen LogP contribution in [0, 0.1) is 6.92 Å². The number of hydrogen-bond donors (Lipinski definition) is 2. The molecule has 6 nitrogen and oxygen atoms in total. The number of rotatable bonds is 7. The van der Waals surface area contributed by atoms with Gasteiger partial charge in [-0.05, 0) is 38.7 Å². The van der Waals surface area contributed by atoms with Crippen LogP contribution in [-0.4, -0.2) is 49.2 Å². The quantitative estimate of drug-likeness (QED) is 0.819. The maximum atomic E-state index is 5.37. The molecule has 0 spiro atoms. The third kappa shape index (κ3) is 4.60. The average Bonchev–Trinajstić information content (AvgIpc) is 2.47. The Morgan fingerprint density at radius 3 is 2.64 bits per heavy atom.